The highest BCUT2D eigenvalue weighted by atomic mass is 16.5. The maximum Gasteiger partial charge on any atom is 0.161 e. The summed E-state index contributed by atoms with van der Waals surface area (Å²) in [4.78, 5) is 0. The molecule has 96 valence electrons. The second-order valence-corrected chi connectivity index (χ2v) is 3.61. The normalized spacial score (nSPS) is 12.2. The summed E-state index contributed by atoms with van der Waals surface area (Å²) in [5.41, 5.74) is 6.49. The molecular formula is C12H19NO4. The second-order valence-electron chi connectivity index (χ2n) is 3.61. The van der Waals surface area contributed by atoms with Crippen molar-refractivity contribution in [2.75, 3.05) is 27.4 Å². The Kier molecular flexibility index (Phi) is 5.76. The molecule has 0 spiro atoms. The maximum absolute atomic E-state index is 9.49. The second kappa shape index (κ2) is 7.11. The maximum atomic E-state index is 9.49. The number of benzene rings is 1. The van der Waals surface area contributed by atoms with Crippen LogP contribution in [0.4, 0.5) is 0 Å². The van der Waals surface area contributed by atoms with Gasteiger partial charge in [0.05, 0.1) is 13.7 Å². The average Bonchev–Trinajstić information content (AvgIpc) is 2.36. The number of aliphatic hydroxyl groups is 1. The van der Waals surface area contributed by atoms with Crippen molar-refractivity contribution < 1.29 is 19.3 Å². The van der Waals surface area contributed by atoms with Gasteiger partial charge in [-0.3, -0.25) is 0 Å². The van der Waals surface area contributed by atoms with Crippen LogP contribution in [0.1, 0.15) is 5.56 Å². The molecule has 0 heterocycles. The van der Waals surface area contributed by atoms with Gasteiger partial charge in [-0.05, 0) is 17.7 Å². The summed E-state index contributed by atoms with van der Waals surface area (Å²) >= 11 is 0. The third-order valence-electron chi connectivity index (χ3n) is 2.25. The van der Waals surface area contributed by atoms with E-state index in [1.165, 1.54) is 7.11 Å². The third-order valence-corrected chi connectivity index (χ3v) is 2.25. The van der Waals surface area contributed by atoms with Gasteiger partial charge in [0.1, 0.15) is 12.7 Å². The summed E-state index contributed by atoms with van der Waals surface area (Å²) in [6, 6.07) is 5.47. The molecule has 1 rings (SSSR count). The van der Waals surface area contributed by atoms with E-state index < -0.39 is 6.10 Å². The molecular weight excluding hydrogens is 222 g/mol. The van der Waals surface area contributed by atoms with Crippen molar-refractivity contribution in [1.82, 2.24) is 0 Å². The molecule has 0 aromatic heterocycles. The standard InChI is InChI=1S/C12H19NO4/c1-15-7-10(14)8-17-12-5-9(6-13)3-4-11(12)16-2/h3-5,10,14H,6-8,13H2,1-2H3. The van der Waals surface area contributed by atoms with Gasteiger partial charge in [0, 0.05) is 13.7 Å². The minimum Gasteiger partial charge on any atom is -0.493 e. The minimum atomic E-state index is -0.661. The van der Waals surface area contributed by atoms with Crippen LogP contribution in [0.5, 0.6) is 11.5 Å². The quantitative estimate of drug-likeness (QED) is 0.729. The van der Waals surface area contributed by atoms with Crippen molar-refractivity contribution in [2.45, 2.75) is 12.6 Å². The van der Waals surface area contributed by atoms with Crippen LogP contribution in [0.25, 0.3) is 0 Å². The van der Waals surface area contributed by atoms with Gasteiger partial charge in [-0.2, -0.15) is 0 Å². The fraction of sp³-hybridized carbons (Fsp3) is 0.500. The molecule has 1 aromatic carbocycles. The Labute approximate surface area is 101 Å². The van der Waals surface area contributed by atoms with Crippen LogP contribution >= 0.6 is 0 Å². The number of methoxy groups -OCH3 is 2. The Balaban J connectivity index is 2.67. The zero-order valence-corrected chi connectivity index (χ0v) is 10.2. The SMILES string of the molecule is COCC(O)COc1cc(CN)ccc1OC. The highest BCUT2D eigenvalue weighted by molar-refractivity contribution is 5.42. The largest absolute Gasteiger partial charge is 0.493 e. The number of rotatable bonds is 7. The molecule has 5 heteroatoms. The molecule has 1 atom stereocenters. The highest BCUT2D eigenvalue weighted by Gasteiger charge is 2.09. The Morgan fingerprint density at radius 1 is 1.24 bits per heavy atom. The van der Waals surface area contributed by atoms with E-state index in [0.29, 0.717) is 18.0 Å². The zero-order valence-electron chi connectivity index (χ0n) is 10.2. The Hall–Kier alpha value is -1.30. The fourth-order valence-electron chi connectivity index (χ4n) is 1.39. The zero-order chi connectivity index (χ0) is 12.7. The van der Waals surface area contributed by atoms with Gasteiger partial charge in [-0.15, -0.1) is 0 Å². The first kappa shape index (κ1) is 13.8. The molecule has 0 aliphatic carbocycles. The van der Waals surface area contributed by atoms with Gasteiger partial charge in [0.25, 0.3) is 0 Å². The molecule has 5 nitrogen and oxygen atoms in total. The molecule has 0 amide bonds. The van der Waals surface area contributed by atoms with Gasteiger partial charge in [0.2, 0.25) is 0 Å². The van der Waals surface area contributed by atoms with E-state index in [-0.39, 0.29) is 13.2 Å². The van der Waals surface area contributed by atoms with Crippen molar-refractivity contribution >= 4 is 0 Å². The number of hydrogen-bond donors (Lipinski definition) is 2. The van der Waals surface area contributed by atoms with E-state index in [0.717, 1.165) is 5.56 Å². The molecule has 0 saturated carbocycles. The van der Waals surface area contributed by atoms with Crippen molar-refractivity contribution in [3.63, 3.8) is 0 Å². The van der Waals surface area contributed by atoms with Crippen LogP contribution in [-0.2, 0) is 11.3 Å². The lowest BCUT2D eigenvalue weighted by Gasteiger charge is -2.14. The van der Waals surface area contributed by atoms with E-state index in [1.807, 2.05) is 6.07 Å². The first-order valence-corrected chi connectivity index (χ1v) is 5.38. The van der Waals surface area contributed by atoms with E-state index >= 15 is 0 Å². The van der Waals surface area contributed by atoms with Gasteiger partial charge in [-0.25, -0.2) is 0 Å². The topological polar surface area (TPSA) is 73.9 Å². The van der Waals surface area contributed by atoms with Crippen LogP contribution in [0, 0.1) is 0 Å². The van der Waals surface area contributed by atoms with E-state index in [4.69, 9.17) is 19.9 Å². The van der Waals surface area contributed by atoms with Crippen LogP contribution in [-0.4, -0.2) is 38.6 Å². The molecule has 17 heavy (non-hydrogen) atoms. The monoisotopic (exact) mass is 241 g/mol. The summed E-state index contributed by atoms with van der Waals surface area (Å²) in [6.07, 6.45) is -0.661. The highest BCUT2D eigenvalue weighted by Crippen LogP contribution is 2.28. The summed E-state index contributed by atoms with van der Waals surface area (Å²) in [7, 11) is 3.09. The summed E-state index contributed by atoms with van der Waals surface area (Å²) in [6.45, 7) is 0.818. The molecule has 0 bridgehead atoms. The average molecular weight is 241 g/mol. The lowest BCUT2D eigenvalue weighted by molar-refractivity contribution is 0.0319. The Bertz CT molecular complexity index is 343. The number of hydrogen-bond acceptors (Lipinski definition) is 5. The Morgan fingerprint density at radius 3 is 2.59 bits per heavy atom. The Morgan fingerprint density at radius 2 is 2.00 bits per heavy atom. The molecule has 0 radical (unpaired) electrons. The first-order chi connectivity index (χ1) is 8.21. The molecule has 1 unspecified atom stereocenters. The molecule has 3 N–H and O–H groups in total. The number of nitrogens with two attached hydrogens (primary N) is 1. The molecule has 0 aliphatic heterocycles. The molecule has 0 saturated heterocycles. The van der Waals surface area contributed by atoms with E-state index in [1.54, 1.807) is 19.2 Å². The van der Waals surface area contributed by atoms with Crippen molar-refractivity contribution in [2.24, 2.45) is 5.73 Å². The smallest absolute Gasteiger partial charge is 0.161 e. The number of ether oxygens (including phenoxy) is 3. The van der Waals surface area contributed by atoms with Crippen molar-refractivity contribution in [3.05, 3.63) is 23.8 Å². The van der Waals surface area contributed by atoms with Gasteiger partial charge >= 0.3 is 0 Å². The molecule has 0 aliphatic rings. The van der Waals surface area contributed by atoms with Crippen molar-refractivity contribution in [3.8, 4) is 11.5 Å². The first-order valence-electron chi connectivity index (χ1n) is 5.38. The van der Waals surface area contributed by atoms with Crippen molar-refractivity contribution in [1.29, 1.82) is 0 Å². The van der Waals surface area contributed by atoms with Crippen LogP contribution in [0.15, 0.2) is 18.2 Å². The minimum absolute atomic E-state index is 0.151. The van der Waals surface area contributed by atoms with Crippen LogP contribution < -0.4 is 15.2 Å². The van der Waals surface area contributed by atoms with Crippen LogP contribution in [0.3, 0.4) is 0 Å². The van der Waals surface area contributed by atoms with Crippen LogP contribution in [0.2, 0.25) is 0 Å². The fourth-order valence-corrected chi connectivity index (χ4v) is 1.39. The summed E-state index contributed by atoms with van der Waals surface area (Å²) in [5, 5.41) is 9.49. The van der Waals surface area contributed by atoms with E-state index in [2.05, 4.69) is 0 Å². The van der Waals surface area contributed by atoms with Gasteiger partial charge < -0.3 is 25.1 Å². The predicted octanol–water partition coefficient (Wildman–Crippen LogP) is 0.540. The van der Waals surface area contributed by atoms with Gasteiger partial charge in [-0.1, -0.05) is 6.07 Å². The summed E-state index contributed by atoms with van der Waals surface area (Å²) in [5.74, 6) is 1.19. The molecule has 0 fully saturated rings. The predicted molar refractivity (Wildman–Crippen MR) is 64.3 cm³/mol. The summed E-state index contributed by atoms with van der Waals surface area (Å²) < 4.78 is 15.4. The van der Waals surface area contributed by atoms with E-state index in [9.17, 15) is 5.11 Å². The lowest BCUT2D eigenvalue weighted by atomic mass is 10.2. The van der Waals surface area contributed by atoms with Gasteiger partial charge in [0.15, 0.2) is 11.5 Å². The lowest BCUT2D eigenvalue weighted by Crippen LogP contribution is -2.22. The third kappa shape index (κ3) is 4.22. The number of aliphatic hydroxyl groups excluding tert-OH is 1. The molecule has 1 aromatic rings.